The number of ether oxygens (including phenoxy) is 1. The van der Waals surface area contributed by atoms with Gasteiger partial charge < -0.3 is 9.64 Å². The lowest BCUT2D eigenvalue weighted by atomic mass is 9.86. The Morgan fingerprint density at radius 2 is 2.00 bits per heavy atom. The third-order valence-corrected chi connectivity index (χ3v) is 4.71. The summed E-state index contributed by atoms with van der Waals surface area (Å²) in [5, 5.41) is 0. The van der Waals surface area contributed by atoms with Crippen LogP contribution >= 0.6 is 0 Å². The van der Waals surface area contributed by atoms with Gasteiger partial charge in [0.15, 0.2) is 0 Å². The molecule has 0 saturated carbocycles. The molecule has 1 aliphatic rings. The van der Waals surface area contributed by atoms with Crippen molar-refractivity contribution in [3.63, 3.8) is 0 Å². The van der Waals surface area contributed by atoms with Crippen LogP contribution in [0, 0.1) is 0 Å². The number of rotatable bonds is 8. The summed E-state index contributed by atoms with van der Waals surface area (Å²) < 4.78 is 5.52. The first-order valence-electron chi connectivity index (χ1n) is 8.68. The molecule has 1 aromatic carbocycles. The number of hydrogen-bond donors (Lipinski definition) is 0. The van der Waals surface area contributed by atoms with Crippen LogP contribution < -0.4 is 4.74 Å². The molecule has 1 aliphatic carbocycles. The van der Waals surface area contributed by atoms with Gasteiger partial charge in [0.1, 0.15) is 5.75 Å². The Bertz CT molecular complexity index is 430. The molecule has 0 saturated heterocycles. The van der Waals surface area contributed by atoms with Crippen molar-refractivity contribution in [2.24, 2.45) is 0 Å². The molecule has 0 radical (unpaired) electrons. The smallest absolute Gasteiger partial charge is 0.122 e. The number of nitrogens with zero attached hydrogens (tertiary/aromatic N) is 1. The van der Waals surface area contributed by atoms with Crippen LogP contribution in [0.2, 0.25) is 0 Å². The van der Waals surface area contributed by atoms with E-state index in [0.717, 1.165) is 18.2 Å². The van der Waals surface area contributed by atoms with Gasteiger partial charge in [-0.3, -0.25) is 0 Å². The molecule has 1 aromatic rings. The predicted molar refractivity (Wildman–Crippen MR) is 90.2 cm³/mol. The Hall–Kier alpha value is -1.02. The van der Waals surface area contributed by atoms with Crippen LogP contribution in [0.5, 0.6) is 5.75 Å². The molecular formula is C19H31NO. The minimum atomic E-state index is 0.724. The number of hydrogen-bond acceptors (Lipinski definition) is 2. The van der Waals surface area contributed by atoms with E-state index in [2.05, 4.69) is 36.9 Å². The van der Waals surface area contributed by atoms with Crippen molar-refractivity contribution in [2.75, 3.05) is 20.2 Å². The highest BCUT2D eigenvalue weighted by molar-refractivity contribution is 5.42. The van der Waals surface area contributed by atoms with Gasteiger partial charge in [0.05, 0.1) is 7.11 Å². The molecular weight excluding hydrogens is 258 g/mol. The average Bonchev–Trinajstić information content (AvgIpc) is 2.53. The number of benzene rings is 1. The van der Waals surface area contributed by atoms with E-state index in [1.165, 1.54) is 62.7 Å². The summed E-state index contributed by atoms with van der Waals surface area (Å²) in [6.07, 6.45) is 8.91. The third-order valence-electron chi connectivity index (χ3n) is 4.71. The molecule has 2 rings (SSSR count). The highest BCUT2D eigenvalue weighted by Gasteiger charge is 2.25. The van der Waals surface area contributed by atoms with Crippen LogP contribution in [0.3, 0.4) is 0 Å². The van der Waals surface area contributed by atoms with E-state index in [4.69, 9.17) is 4.74 Å². The first-order valence-corrected chi connectivity index (χ1v) is 8.68. The fourth-order valence-corrected chi connectivity index (χ4v) is 3.58. The maximum Gasteiger partial charge on any atom is 0.122 e. The lowest BCUT2D eigenvalue weighted by Crippen LogP contribution is -2.40. The van der Waals surface area contributed by atoms with Gasteiger partial charge in [-0.05, 0) is 62.4 Å². The molecule has 0 amide bonds. The van der Waals surface area contributed by atoms with Gasteiger partial charge in [-0.15, -0.1) is 0 Å². The molecule has 1 atom stereocenters. The fourth-order valence-electron chi connectivity index (χ4n) is 3.58. The van der Waals surface area contributed by atoms with Crippen molar-refractivity contribution < 1.29 is 4.74 Å². The summed E-state index contributed by atoms with van der Waals surface area (Å²) >= 11 is 0. The minimum absolute atomic E-state index is 0.724. The molecule has 2 heteroatoms. The molecule has 0 N–H and O–H groups in total. The van der Waals surface area contributed by atoms with Crippen LogP contribution in [0.4, 0.5) is 0 Å². The van der Waals surface area contributed by atoms with Crippen molar-refractivity contribution in [3.05, 3.63) is 29.3 Å². The van der Waals surface area contributed by atoms with Gasteiger partial charge in [-0.25, -0.2) is 0 Å². The van der Waals surface area contributed by atoms with Crippen LogP contribution in [-0.4, -0.2) is 31.1 Å². The van der Waals surface area contributed by atoms with Crippen LogP contribution in [0.1, 0.15) is 57.1 Å². The Balaban J connectivity index is 2.03. The van der Waals surface area contributed by atoms with Crippen molar-refractivity contribution in [1.82, 2.24) is 4.90 Å². The SMILES string of the molecule is CCCCCN(CCC)C1CCc2c(cccc2OC)C1. The third kappa shape index (κ3) is 4.23. The van der Waals surface area contributed by atoms with Crippen molar-refractivity contribution >= 4 is 0 Å². The number of fused-ring (bicyclic) bond motifs is 1. The number of methoxy groups -OCH3 is 1. The molecule has 0 aromatic heterocycles. The second-order valence-electron chi connectivity index (χ2n) is 6.24. The largest absolute Gasteiger partial charge is 0.496 e. The summed E-state index contributed by atoms with van der Waals surface area (Å²) in [6.45, 7) is 7.10. The summed E-state index contributed by atoms with van der Waals surface area (Å²) in [4.78, 5) is 2.73. The summed E-state index contributed by atoms with van der Waals surface area (Å²) in [5.41, 5.74) is 2.95. The van der Waals surface area contributed by atoms with E-state index in [1.807, 2.05) is 0 Å². The van der Waals surface area contributed by atoms with E-state index >= 15 is 0 Å². The van der Waals surface area contributed by atoms with E-state index in [1.54, 1.807) is 7.11 Å². The zero-order valence-corrected chi connectivity index (χ0v) is 14.0. The van der Waals surface area contributed by atoms with Crippen molar-refractivity contribution in [2.45, 2.75) is 64.8 Å². The minimum Gasteiger partial charge on any atom is -0.496 e. The standard InChI is InChI=1S/C19H31NO/c1-4-6-7-14-20(13-5-2)17-11-12-18-16(15-17)9-8-10-19(18)21-3/h8-10,17H,4-7,11-15H2,1-3H3. The average molecular weight is 289 g/mol. The van der Waals surface area contributed by atoms with Crippen molar-refractivity contribution in [3.8, 4) is 5.75 Å². The lowest BCUT2D eigenvalue weighted by Gasteiger charge is -2.35. The normalized spacial score (nSPS) is 17.8. The summed E-state index contributed by atoms with van der Waals surface area (Å²) in [5.74, 6) is 1.08. The molecule has 1 unspecified atom stereocenters. The quantitative estimate of drug-likeness (QED) is 0.655. The molecule has 0 spiro atoms. The first kappa shape index (κ1) is 16.4. The fraction of sp³-hybridized carbons (Fsp3) is 0.684. The lowest BCUT2D eigenvalue weighted by molar-refractivity contribution is 0.175. The molecule has 118 valence electrons. The molecule has 21 heavy (non-hydrogen) atoms. The molecule has 0 heterocycles. The monoisotopic (exact) mass is 289 g/mol. The Kier molecular flexibility index (Phi) is 6.56. The van der Waals surface area contributed by atoms with Crippen molar-refractivity contribution in [1.29, 1.82) is 0 Å². The molecule has 0 fully saturated rings. The predicted octanol–water partition coefficient (Wildman–Crippen LogP) is 4.45. The van der Waals surface area contributed by atoms with Gasteiger partial charge in [0, 0.05) is 6.04 Å². The van der Waals surface area contributed by atoms with E-state index in [0.29, 0.717) is 0 Å². The highest BCUT2D eigenvalue weighted by Crippen LogP contribution is 2.31. The zero-order valence-electron chi connectivity index (χ0n) is 14.0. The number of unbranched alkanes of at least 4 members (excludes halogenated alkanes) is 2. The van der Waals surface area contributed by atoms with Gasteiger partial charge in [0.2, 0.25) is 0 Å². The topological polar surface area (TPSA) is 12.5 Å². The maximum absolute atomic E-state index is 5.52. The van der Waals surface area contributed by atoms with Gasteiger partial charge in [0.25, 0.3) is 0 Å². The molecule has 2 nitrogen and oxygen atoms in total. The van der Waals surface area contributed by atoms with Crippen LogP contribution in [-0.2, 0) is 12.8 Å². The highest BCUT2D eigenvalue weighted by atomic mass is 16.5. The van der Waals surface area contributed by atoms with E-state index in [-0.39, 0.29) is 0 Å². The first-order chi connectivity index (χ1) is 10.3. The summed E-state index contributed by atoms with van der Waals surface area (Å²) in [7, 11) is 1.79. The van der Waals surface area contributed by atoms with E-state index < -0.39 is 0 Å². The maximum atomic E-state index is 5.52. The Morgan fingerprint density at radius 3 is 2.71 bits per heavy atom. The second kappa shape index (κ2) is 8.43. The molecule has 0 bridgehead atoms. The van der Waals surface area contributed by atoms with Crippen LogP contribution in [0.25, 0.3) is 0 Å². The van der Waals surface area contributed by atoms with E-state index in [9.17, 15) is 0 Å². The zero-order chi connectivity index (χ0) is 15.1. The van der Waals surface area contributed by atoms with Crippen LogP contribution in [0.15, 0.2) is 18.2 Å². The Morgan fingerprint density at radius 1 is 1.14 bits per heavy atom. The second-order valence-corrected chi connectivity index (χ2v) is 6.24. The molecule has 0 aliphatic heterocycles. The van der Waals surface area contributed by atoms with Gasteiger partial charge in [-0.2, -0.15) is 0 Å². The van der Waals surface area contributed by atoms with Gasteiger partial charge in [-0.1, -0.05) is 38.8 Å². The summed E-state index contributed by atoms with van der Waals surface area (Å²) in [6, 6.07) is 7.26. The van der Waals surface area contributed by atoms with Gasteiger partial charge >= 0.3 is 0 Å². The Labute approximate surface area is 130 Å².